The number of aromatic nitrogens is 1. The molecule has 1 aliphatic heterocycles. The van der Waals surface area contributed by atoms with E-state index in [1.807, 2.05) is 6.07 Å². The molecule has 1 N–H and O–H groups in total. The summed E-state index contributed by atoms with van der Waals surface area (Å²) in [4.78, 5) is 0. The number of hydrogen-bond donors (Lipinski definition) is 1. The van der Waals surface area contributed by atoms with E-state index in [-0.39, 0.29) is 0 Å². The van der Waals surface area contributed by atoms with Crippen molar-refractivity contribution < 1.29 is 9.26 Å². The second-order valence-corrected chi connectivity index (χ2v) is 3.80. The molecule has 0 radical (unpaired) electrons. The zero-order chi connectivity index (χ0) is 9.80. The van der Waals surface area contributed by atoms with Gasteiger partial charge in [0.2, 0.25) is 0 Å². The second kappa shape index (κ2) is 4.57. The molecule has 0 amide bonds. The summed E-state index contributed by atoms with van der Waals surface area (Å²) in [6, 6.07) is 1.83. The molecule has 0 spiro atoms. The lowest BCUT2D eigenvalue weighted by molar-refractivity contribution is -0.0151. The minimum absolute atomic E-state index is 0.300. The van der Waals surface area contributed by atoms with Crippen LogP contribution in [0.2, 0.25) is 0 Å². The Kier molecular flexibility index (Phi) is 3.16. The first-order chi connectivity index (χ1) is 6.86. The highest BCUT2D eigenvalue weighted by molar-refractivity contribution is 4.90. The molecule has 4 heteroatoms. The number of rotatable bonds is 3. The van der Waals surface area contributed by atoms with Crippen LogP contribution >= 0.6 is 0 Å². The molecule has 1 saturated heterocycles. The number of nitrogens with one attached hydrogen (secondary N) is 1. The van der Waals surface area contributed by atoms with Crippen molar-refractivity contribution in [1.29, 1.82) is 0 Å². The van der Waals surface area contributed by atoms with Crippen LogP contribution in [0.25, 0.3) is 0 Å². The average Bonchev–Trinajstić information content (AvgIpc) is 2.69. The fourth-order valence-corrected chi connectivity index (χ4v) is 1.69. The summed E-state index contributed by atoms with van der Waals surface area (Å²) in [5, 5.41) is 6.96. The Balaban J connectivity index is 1.79. The van der Waals surface area contributed by atoms with Crippen molar-refractivity contribution in [3.8, 4) is 0 Å². The molecule has 1 aromatic heterocycles. The van der Waals surface area contributed by atoms with E-state index < -0.39 is 0 Å². The van der Waals surface area contributed by atoms with Gasteiger partial charge in [-0.15, -0.1) is 0 Å². The van der Waals surface area contributed by atoms with Crippen LogP contribution < -0.4 is 5.32 Å². The van der Waals surface area contributed by atoms with Crippen molar-refractivity contribution >= 4 is 0 Å². The van der Waals surface area contributed by atoms with Crippen LogP contribution in [0.4, 0.5) is 0 Å². The van der Waals surface area contributed by atoms with Crippen LogP contribution in [-0.2, 0) is 11.3 Å². The summed E-state index contributed by atoms with van der Waals surface area (Å²) in [5.74, 6) is 1.42. The van der Waals surface area contributed by atoms with Crippen LogP contribution in [0.15, 0.2) is 16.8 Å². The second-order valence-electron chi connectivity index (χ2n) is 3.80. The molecule has 0 bridgehead atoms. The third-order valence-corrected chi connectivity index (χ3v) is 2.69. The maximum Gasteiger partial charge on any atom is 0.162 e. The van der Waals surface area contributed by atoms with Crippen LogP contribution in [-0.4, -0.2) is 24.4 Å². The molecule has 0 aromatic carbocycles. The minimum atomic E-state index is 0.300. The Morgan fingerprint density at radius 1 is 1.71 bits per heavy atom. The van der Waals surface area contributed by atoms with E-state index in [1.54, 1.807) is 6.20 Å². The molecule has 2 unspecified atom stereocenters. The van der Waals surface area contributed by atoms with E-state index in [9.17, 15) is 0 Å². The van der Waals surface area contributed by atoms with Gasteiger partial charge in [0.15, 0.2) is 5.76 Å². The van der Waals surface area contributed by atoms with E-state index >= 15 is 0 Å². The van der Waals surface area contributed by atoms with Crippen molar-refractivity contribution in [1.82, 2.24) is 10.5 Å². The lowest BCUT2D eigenvalue weighted by Gasteiger charge is -2.29. The molecule has 0 aliphatic carbocycles. The van der Waals surface area contributed by atoms with Crippen molar-refractivity contribution in [2.75, 3.05) is 13.1 Å². The molecular formula is C10H16N2O2. The fraction of sp³-hybridized carbons (Fsp3) is 0.700. The van der Waals surface area contributed by atoms with E-state index in [4.69, 9.17) is 9.26 Å². The molecule has 78 valence electrons. The molecule has 4 nitrogen and oxygen atoms in total. The molecule has 14 heavy (non-hydrogen) atoms. The zero-order valence-corrected chi connectivity index (χ0v) is 8.40. The van der Waals surface area contributed by atoms with Crippen LogP contribution in [0.3, 0.4) is 0 Å². The van der Waals surface area contributed by atoms with Crippen molar-refractivity contribution in [2.24, 2.45) is 5.92 Å². The highest BCUT2D eigenvalue weighted by Gasteiger charge is 2.21. The first-order valence-corrected chi connectivity index (χ1v) is 5.08. The predicted molar refractivity (Wildman–Crippen MR) is 51.7 cm³/mol. The largest absolute Gasteiger partial charge is 0.369 e. The van der Waals surface area contributed by atoms with Crippen molar-refractivity contribution in [2.45, 2.75) is 26.1 Å². The Morgan fingerprint density at radius 2 is 2.64 bits per heavy atom. The van der Waals surface area contributed by atoms with Crippen LogP contribution in [0.1, 0.15) is 19.1 Å². The quantitative estimate of drug-likeness (QED) is 0.788. The standard InChI is InChI=1S/C10H16N2O2/c1-8-2-4-11-6-10(8)13-7-9-3-5-12-14-9/h3,5,8,10-11H,2,4,6-7H2,1H3. The highest BCUT2D eigenvalue weighted by atomic mass is 16.5. The summed E-state index contributed by atoms with van der Waals surface area (Å²) in [5.41, 5.74) is 0. The lowest BCUT2D eigenvalue weighted by atomic mass is 9.97. The van der Waals surface area contributed by atoms with Gasteiger partial charge in [-0.25, -0.2) is 0 Å². The van der Waals surface area contributed by atoms with Gasteiger partial charge in [-0.1, -0.05) is 12.1 Å². The third kappa shape index (κ3) is 2.33. The van der Waals surface area contributed by atoms with Crippen LogP contribution in [0.5, 0.6) is 0 Å². The number of hydrogen-bond acceptors (Lipinski definition) is 4. The predicted octanol–water partition coefficient (Wildman–Crippen LogP) is 1.19. The summed E-state index contributed by atoms with van der Waals surface area (Å²) >= 11 is 0. The van der Waals surface area contributed by atoms with Crippen molar-refractivity contribution in [3.63, 3.8) is 0 Å². The Bertz CT molecular complexity index is 261. The summed E-state index contributed by atoms with van der Waals surface area (Å²) in [7, 11) is 0. The van der Waals surface area contributed by atoms with E-state index in [0.29, 0.717) is 18.6 Å². The maximum atomic E-state index is 5.74. The number of nitrogens with zero attached hydrogens (tertiary/aromatic N) is 1. The highest BCUT2D eigenvalue weighted by Crippen LogP contribution is 2.16. The summed E-state index contributed by atoms with van der Waals surface area (Å²) in [6.07, 6.45) is 3.12. The van der Waals surface area contributed by atoms with Crippen LogP contribution in [0, 0.1) is 5.92 Å². The Labute approximate surface area is 83.6 Å². The smallest absolute Gasteiger partial charge is 0.162 e. The molecular weight excluding hydrogens is 180 g/mol. The first-order valence-electron chi connectivity index (χ1n) is 5.08. The Hall–Kier alpha value is -0.870. The molecule has 2 rings (SSSR count). The van der Waals surface area contributed by atoms with Gasteiger partial charge >= 0.3 is 0 Å². The topological polar surface area (TPSA) is 47.3 Å². The summed E-state index contributed by atoms with van der Waals surface area (Å²) in [6.45, 7) is 4.79. The van der Waals surface area contributed by atoms with Gasteiger partial charge < -0.3 is 14.6 Å². The maximum absolute atomic E-state index is 5.74. The fourth-order valence-electron chi connectivity index (χ4n) is 1.69. The van der Waals surface area contributed by atoms with Gasteiger partial charge in [-0.2, -0.15) is 0 Å². The van der Waals surface area contributed by atoms with Gasteiger partial charge in [0, 0.05) is 12.6 Å². The molecule has 1 fully saturated rings. The Morgan fingerprint density at radius 3 is 3.36 bits per heavy atom. The molecule has 2 heterocycles. The van der Waals surface area contributed by atoms with Gasteiger partial charge in [-0.3, -0.25) is 0 Å². The number of piperidine rings is 1. The average molecular weight is 196 g/mol. The van der Waals surface area contributed by atoms with Gasteiger partial charge in [0.1, 0.15) is 6.61 Å². The molecule has 1 aromatic rings. The summed E-state index contributed by atoms with van der Waals surface area (Å²) < 4.78 is 10.7. The minimum Gasteiger partial charge on any atom is -0.369 e. The molecule has 1 aliphatic rings. The number of ether oxygens (including phenoxy) is 1. The van der Waals surface area contributed by atoms with E-state index in [1.165, 1.54) is 6.42 Å². The monoisotopic (exact) mass is 196 g/mol. The van der Waals surface area contributed by atoms with Crippen molar-refractivity contribution in [3.05, 3.63) is 18.0 Å². The molecule has 0 saturated carbocycles. The van der Waals surface area contributed by atoms with E-state index in [2.05, 4.69) is 17.4 Å². The zero-order valence-electron chi connectivity index (χ0n) is 8.40. The SMILES string of the molecule is CC1CCNCC1OCc1ccno1. The lowest BCUT2D eigenvalue weighted by Crippen LogP contribution is -2.40. The first kappa shape index (κ1) is 9.68. The third-order valence-electron chi connectivity index (χ3n) is 2.69. The van der Waals surface area contributed by atoms with Gasteiger partial charge in [-0.05, 0) is 18.9 Å². The van der Waals surface area contributed by atoms with Gasteiger partial charge in [0.25, 0.3) is 0 Å². The molecule has 2 atom stereocenters. The van der Waals surface area contributed by atoms with E-state index in [0.717, 1.165) is 18.8 Å². The van der Waals surface area contributed by atoms with Gasteiger partial charge in [0.05, 0.1) is 12.3 Å². The normalized spacial score (nSPS) is 27.8.